The lowest BCUT2D eigenvalue weighted by atomic mass is 10.1. The fourth-order valence-electron chi connectivity index (χ4n) is 2.21. The molecule has 0 aliphatic rings. The zero-order chi connectivity index (χ0) is 14.7. The number of hydrogen-bond acceptors (Lipinski definition) is 3. The minimum atomic E-state index is -0.895. The minimum absolute atomic E-state index is 0.454. The quantitative estimate of drug-likeness (QED) is 0.357. The summed E-state index contributed by atoms with van der Waals surface area (Å²) >= 11 is 0. The largest absolute Gasteiger partial charge is 0.325 e. The zero-order valence-electron chi connectivity index (χ0n) is 13.8. The van der Waals surface area contributed by atoms with Gasteiger partial charge in [-0.25, -0.2) is 4.67 Å². The van der Waals surface area contributed by atoms with Gasteiger partial charge < -0.3 is 9.05 Å². The Morgan fingerprint density at radius 3 is 1.89 bits per heavy atom. The Morgan fingerprint density at radius 1 is 0.895 bits per heavy atom. The number of hydrogen-bond donors (Lipinski definition) is 0. The molecule has 0 heterocycles. The molecule has 0 spiro atoms. The molecule has 0 rings (SSSR count). The SMILES string of the molecule is CCCCCCCCOP(OC)N(C(C)C)C(C)C. The van der Waals surface area contributed by atoms with Gasteiger partial charge in [0, 0.05) is 19.2 Å². The highest BCUT2D eigenvalue weighted by Gasteiger charge is 2.25. The van der Waals surface area contributed by atoms with E-state index in [0.717, 1.165) is 13.0 Å². The molecule has 0 aromatic heterocycles. The first-order valence-corrected chi connectivity index (χ1v) is 8.93. The van der Waals surface area contributed by atoms with Crippen LogP contribution in [0, 0.1) is 0 Å². The summed E-state index contributed by atoms with van der Waals surface area (Å²) in [4.78, 5) is 0. The van der Waals surface area contributed by atoms with Gasteiger partial charge in [-0.05, 0) is 34.1 Å². The third-order valence-corrected chi connectivity index (χ3v) is 5.12. The maximum Gasteiger partial charge on any atom is 0.258 e. The molecule has 1 unspecified atom stereocenters. The van der Waals surface area contributed by atoms with Crippen molar-refractivity contribution in [3.63, 3.8) is 0 Å². The van der Waals surface area contributed by atoms with Gasteiger partial charge in [0.1, 0.15) is 0 Å². The van der Waals surface area contributed by atoms with Crippen LogP contribution in [0.3, 0.4) is 0 Å². The van der Waals surface area contributed by atoms with E-state index in [9.17, 15) is 0 Å². The van der Waals surface area contributed by atoms with Crippen LogP contribution in [0.5, 0.6) is 0 Å². The van der Waals surface area contributed by atoms with E-state index in [2.05, 4.69) is 39.3 Å². The molecule has 4 heteroatoms. The molecular weight excluding hydrogens is 257 g/mol. The van der Waals surface area contributed by atoms with E-state index in [1.807, 2.05) is 0 Å². The molecule has 19 heavy (non-hydrogen) atoms. The fraction of sp³-hybridized carbons (Fsp3) is 1.00. The van der Waals surface area contributed by atoms with Crippen molar-refractivity contribution in [3.8, 4) is 0 Å². The van der Waals surface area contributed by atoms with Crippen molar-refractivity contribution >= 4 is 8.53 Å². The van der Waals surface area contributed by atoms with Gasteiger partial charge in [-0.15, -0.1) is 0 Å². The van der Waals surface area contributed by atoms with Crippen molar-refractivity contribution in [2.24, 2.45) is 0 Å². The van der Waals surface area contributed by atoms with Gasteiger partial charge in [0.25, 0.3) is 8.53 Å². The van der Waals surface area contributed by atoms with E-state index in [1.165, 1.54) is 32.1 Å². The lowest BCUT2D eigenvalue weighted by Gasteiger charge is -2.34. The second kappa shape index (κ2) is 12.1. The van der Waals surface area contributed by atoms with Crippen LogP contribution < -0.4 is 0 Å². The maximum atomic E-state index is 5.95. The second-order valence-electron chi connectivity index (χ2n) is 5.59. The Morgan fingerprint density at radius 2 is 1.42 bits per heavy atom. The minimum Gasteiger partial charge on any atom is -0.325 e. The summed E-state index contributed by atoms with van der Waals surface area (Å²) in [6.07, 6.45) is 7.79. The maximum absolute atomic E-state index is 5.95. The van der Waals surface area contributed by atoms with Crippen LogP contribution in [0.15, 0.2) is 0 Å². The molecule has 0 N–H and O–H groups in total. The molecule has 116 valence electrons. The van der Waals surface area contributed by atoms with Crippen molar-refractivity contribution in [2.75, 3.05) is 13.7 Å². The predicted octanol–water partition coefficient (Wildman–Crippen LogP) is 5.36. The summed E-state index contributed by atoms with van der Waals surface area (Å²) in [7, 11) is 0.860. The number of nitrogens with zero attached hydrogens (tertiary/aromatic N) is 1. The van der Waals surface area contributed by atoms with Gasteiger partial charge in [0.15, 0.2) is 0 Å². The molecule has 0 aliphatic carbocycles. The molecule has 0 saturated heterocycles. The number of unbranched alkanes of at least 4 members (excludes halogenated alkanes) is 5. The van der Waals surface area contributed by atoms with E-state index in [-0.39, 0.29) is 0 Å². The molecule has 0 amide bonds. The predicted molar refractivity (Wildman–Crippen MR) is 85.4 cm³/mol. The average Bonchev–Trinajstić information content (AvgIpc) is 2.35. The third-order valence-electron chi connectivity index (χ3n) is 3.10. The molecule has 1 atom stereocenters. The Bertz CT molecular complexity index is 193. The first-order chi connectivity index (χ1) is 9.04. The Labute approximate surface area is 122 Å². The Balaban J connectivity index is 3.86. The zero-order valence-corrected chi connectivity index (χ0v) is 14.7. The second-order valence-corrected chi connectivity index (χ2v) is 7.15. The highest BCUT2D eigenvalue weighted by molar-refractivity contribution is 7.44. The van der Waals surface area contributed by atoms with Crippen LogP contribution in [-0.4, -0.2) is 30.5 Å². The molecule has 0 aliphatic heterocycles. The van der Waals surface area contributed by atoms with Crippen molar-refractivity contribution in [1.29, 1.82) is 0 Å². The van der Waals surface area contributed by atoms with Crippen molar-refractivity contribution in [1.82, 2.24) is 4.67 Å². The normalized spacial score (nSPS) is 13.7. The van der Waals surface area contributed by atoms with Gasteiger partial charge in [0.05, 0.1) is 6.61 Å². The summed E-state index contributed by atoms with van der Waals surface area (Å²) in [5.41, 5.74) is 0. The molecule has 0 bridgehead atoms. The van der Waals surface area contributed by atoms with Gasteiger partial charge in [-0.2, -0.15) is 0 Å². The summed E-state index contributed by atoms with van der Waals surface area (Å²) in [5.74, 6) is 0. The Kier molecular flexibility index (Phi) is 12.3. The summed E-state index contributed by atoms with van der Waals surface area (Å²) in [6.45, 7) is 11.9. The average molecular weight is 291 g/mol. The summed E-state index contributed by atoms with van der Waals surface area (Å²) in [6, 6.07) is 0.909. The van der Waals surface area contributed by atoms with Crippen LogP contribution in [-0.2, 0) is 9.05 Å². The molecule has 3 nitrogen and oxygen atoms in total. The number of rotatable bonds is 12. The first-order valence-electron chi connectivity index (χ1n) is 7.79. The lowest BCUT2D eigenvalue weighted by molar-refractivity contribution is 0.192. The van der Waals surface area contributed by atoms with Crippen molar-refractivity contribution < 1.29 is 9.05 Å². The molecular formula is C15H34NO2P. The highest BCUT2D eigenvalue weighted by atomic mass is 31.2. The van der Waals surface area contributed by atoms with Crippen LogP contribution >= 0.6 is 8.53 Å². The lowest BCUT2D eigenvalue weighted by Crippen LogP contribution is -2.33. The topological polar surface area (TPSA) is 21.7 Å². The highest BCUT2D eigenvalue weighted by Crippen LogP contribution is 2.45. The van der Waals surface area contributed by atoms with Crippen LogP contribution in [0.2, 0.25) is 0 Å². The smallest absolute Gasteiger partial charge is 0.258 e. The van der Waals surface area contributed by atoms with E-state index < -0.39 is 8.53 Å². The van der Waals surface area contributed by atoms with E-state index in [4.69, 9.17) is 9.05 Å². The molecule has 0 fully saturated rings. The summed E-state index contributed by atoms with van der Waals surface area (Å²) in [5, 5.41) is 0. The van der Waals surface area contributed by atoms with Crippen molar-refractivity contribution in [3.05, 3.63) is 0 Å². The molecule has 0 aromatic carbocycles. The Hall–Kier alpha value is 0.310. The van der Waals surface area contributed by atoms with Crippen LogP contribution in [0.1, 0.15) is 73.1 Å². The molecule has 0 radical (unpaired) electrons. The fourth-order valence-corrected chi connectivity index (χ4v) is 3.68. The van der Waals surface area contributed by atoms with Crippen LogP contribution in [0.25, 0.3) is 0 Å². The van der Waals surface area contributed by atoms with E-state index in [1.54, 1.807) is 7.11 Å². The summed E-state index contributed by atoms with van der Waals surface area (Å²) < 4.78 is 13.8. The molecule has 0 aromatic rings. The van der Waals surface area contributed by atoms with E-state index in [0.29, 0.717) is 12.1 Å². The first kappa shape index (κ1) is 19.3. The van der Waals surface area contributed by atoms with Gasteiger partial charge >= 0.3 is 0 Å². The molecule has 0 saturated carbocycles. The van der Waals surface area contributed by atoms with E-state index >= 15 is 0 Å². The third kappa shape index (κ3) is 8.96. The van der Waals surface area contributed by atoms with Gasteiger partial charge in [0.2, 0.25) is 0 Å². The standard InChI is InChI=1S/C15H34NO2P/c1-7-8-9-10-11-12-13-18-19(17-6)16(14(2)3)15(4)5/h14-15H,7-13H2,1-6H3. The van der Waals surface area contributed by atoms with Crippen LogP contribution in [0.4, 0.5) is 0 Å². The monoisotopic (exact) mass is 291 g/mol. The van der Waals surface area contributed by atoms with Crippen molar-refractivity contribution in [2.45, 2.75) is 85.2 Å². The van der Waals surface area contributed by atoms with Gasteiger partial charge in [-0.1, -0.05) is 39.0 Å². The van der Waals surface area contributed by atoms with Gasteiger partial charge in [-0.3, -0.25) is 0 Å².